The van der Waals surface area contributed by atoms with Crippen LogP contribution in [0.15, 0.2) is 48.5 Å². The second kappa shape index (κ2) is 9.94. The molecule has 2 N–H and O–H groups in total. The molecule has 0 saturated carbocycles. The molecule has 0 radical (unpaired) electrons. The number of methoxy groups -OCH3 is 1. The van der Waals surface area contributed by atoms with Crippen molar-refractivity contribution in [3.63, 3.8) is 0 Å². The summed E-state index contributed by atoms with van der Waals surface area (Å²) < 4.78 is 10.1. The molecule has 1 heterocycles. The number of nitrogens with one attached hydrogen (secondary N) is 2. The lowest BCUT2D eigenvalue weighted by Crippen LogP contribution is -2.44. The monoisotopic (exact) mass is 445 g/mol. The van der Waals surface area contributed by atoms with Gasteiger partial charge in [-0.3, -0.25) is 30.0 Å². The molecule has 2 aromatic carbocycles. The Morgan fingerprint density at radius 3 is 2.48 bits per heavy atom. The summed E-state index contributed by atoms with van der Waals surface area (Å²) in [5, 5.41) is 0.230. The smallest absolute Gasteiger partial charge is 0.311 e. The quantitative estimate of drug-likeness (QED) is 0.517. The SMILES string of the molecule is COc1ccc(N2C[C@H](C(=O)OCC(=O)NNC(=O)c3ccccc3Cl)CC2=O)cc1. The van der Waals surface area contributed by atoms with Gasteiger partial charge in [0, 0.05) is 18.7 Å². The van der Waals surface area contributed by atoms with E-state index in [2.05, 4.69) is 10.9 Å². The number of hydrogen-bond donors (Lipinski definition) is 2. The number of anilines is 1. The molecule has 31 heavy (non-hydrogen) atoms. The van der Waals surface area contributed by atoms with Crippen LogP contribution in [0.4, 0.5) is 5.69 Å². The number of ether oxygens (including phenoxy) is 2. The Bertz CT molecular complexity index is 995. The molecule has 0 bridgehead atoms. The van der Waals surface area contributed by atoms with Crippen molar-refractivity contribution in [2.75, 3.05) is 25.2 Å². The topological polar surface area (TPSA) is 114 Å². The number of amides is 3. The fourth-order valence-electron chi connectivity index (χ4n) is 3.01. The number of benzene rings is 2. The summed E-state index contributed by atoms with van der Waals surface area (Å²) in [6.45, 7) is -0.455. The van der Waals surface area contributed by atoms with E-state index in [0.29, 0.717) is 11.4 Å². The van der Waals surface area contributed by atoms with Gasteiger partial charge in [-0.15, -0.1) is 0 Å². The molecule has 0 aliphatic carbocycles. The van der Waals surface area contributed by atoms with E-state index in [1.807, 2.05) is 0 Å². The third-order valence-electron chi connectivity index (χ3n) is 4.62. The van der Waals surface area contributed by atoms with Gasteiger partial charge in [-0.1, -0.05) is 23.7 Å². The first-order chi connectivity index (χ1) is 14.9. The van der Waals surface area contributed by atoms with Crippen LogP contribution >= 0.6 is 11.6 Å². The van der Waals surface area contributed by atoms with Gasteiger partial charge in [0.2, 0.25) is 5.91 Å². The van der Waals surface area contributed by atoms with Crippen LogP contribution in [0, 0.1) is 5.92 Å². The molecule has 1 fully saturated rings. The number of esters is 1. The molecule has 3 amide bonds. The van der Waals surface area contributed by atoms with E-state index in [-0.39, 0.29) is 29.5 Å². The highest BCUT2D eigenvalue weighted by Crippen LogP contribution is 2.27. The van der Waals surface area contributed by atoms with Crippen LogP contribution in [0.2, 0.25) is 5.02 Å². The lowest BCUT2D eigenvalue weighted by Gasteiger charge is -2.17. The van der Waals surface area contributed by atoms with E-state index in [0.717, 1.165) is 0 Å². The molecular formula is C21H20ClN3O6. The van der Waals surface area contributed by atoms with Crippen molar-refractivity contribution in [3.05, 3.63) is 59.1 Å². The second-order valence-electron chi connectivity index (χ2n) is 6.69. The maximum absolute atomic E-state index is 12.3. The van der Waals surface area contributed by atoms with Gasteiger partial charge in [-0.25, -0.2) is 0 Å². The molecular weight excluding hydrogens is 426 g/mol. The Morgan fingerprint density at radius 1 is 1.10 bits per heavy atom. The van der Waals surface area contributed by atoms with Gasteiger partial charge in [0.05, 0.1) is 23.6 Å². The first kappa shape index (κ1) is 22.1. The third-order valence-corrected chi connectivity index (χ3v) is 4.95. The largest absolute Gasteiger partial charge is 0.497 e. The predicted molar refractivity (Wildman–Crippen MR) is 111 cm³/mol. The molecule has 1 aliphatic rings. The summed E-state index contributed by atoms with van der Waals surface area (Å²) in [4.78, 5) is 49.9. The number of carbonyl (C=O) groups excluding carboxylic acids is 4. The molecule has 9 nitrogen and oxygen atoms in total. The zero-order valence-electron chi connectivity index (χ0n) is 16.6. The number of hydrazine groups is 1. The number of hydrogen-bond acceptors (Lipinski definition) is 6. The van der Waals surface area contributed by atoms with E-state index < -0.39 is 30.3 Å². The molecule has 3 rings (SSSR count). The van der Waals surface area contributed by atoms with Crippen LogP contribution < -0.4 is 20.5 Å². The molecule has 0 spiro atoms. The Kier molecular flexibility index (Phi) is 7.09. The molecule has 10 heteroatoms. The standard InChI is InChI=1S/C21H20ClN3O6/c1-30-15-8-6-14(7-9-15)25-11-13(10-19(25)27)21(29)31-12-18(26)23-24-20(28)16-4-2-3-5-17(16)22/h2-9,13H,10-12H2,1H3,(H,23,26)(H,24,28)/t13-/m1/s1. The van der Waals surface area contributed by atoms with E-state index in [9.17, 15) is 19.2 Å². The summed E-state index contributed by atoms with van der Waals surface area (Å²) in [5.41, 5.74) is 5.16. The first-order valence-corrected chi connectivity index (χ1v) is 9.71. The van der Waals surface area contributed by atoms with Crippen molar-refractivity contribution in [1.82, 2.24) is 10.9 Å². The predicted octanol–water partition coefficient (Wildman–Crippen LogP) is 1.71. The maximum Gasteiger partial charge on any atom is 0.311 e. The van der Waals surface area contributed by atoms with E-state index in [1.165, 1.54) is 17.0 Å². The van der Waals surface area contributed by atoms with Crippen LogP contribution in [-0.4, -0.2) is 44.0 Å². The van der Waals surface area contributed by atoms with Gasteiger partial charge in [-0.2, -0.15) is 0 Å². The van der Waals surface area contributed by atoms with Crippen LogP contribution in [0.3, 0.4) is 0 Å². The van der Waals surface area contributed by atoms with Crippen molar-refractivity contribution < 1.29 is 28.7 Å². The minimum atomic E-state index is -0.731. The van der Waals surface area contributed by atoms with Gasteiger partial charge < -0.3 is 14.4 Å². The van der Waals surface area contributed by atoms with Gasteiger partial charge in [-0.05, 0) is 36.4 Å². The minimum absolute atomic E-state index is 0.0181. The van der Waals surface area contributed by atoms with Crippen LogP contribution in [0.5, 0.6) is 5.75 Å². The maximum atomic E-state index is 12.3. The molecule has 1 aliphatic heterocycles. The number of carbonyl (C=O) groups is 4. The summed E-state index contributed by atoms with van der Waals surface area (Å²) in [7, 11) is 1.54. The van der Waals surface area contributed by atoms with Gasteiger partial charge in [0.1, 0.15) is 5.75 Å². The average Bonchev–Trinajstić information content (AvgIpc) is 3.17. The molecule has 0 aromatic heterocycles. The van der Waals surface area contributed by atoms with Crippen molar-refractivity contribution in [2.45, 2.75) is 6.42 Å². The fourth-order valence-corrected chi connectivity index (χ4v) is 3.23. The van der Waals surface area contributed by atoms with Crippen LogP contribution in [-0.2, 0) is 19.1 Å². The first-order valence-electron chi connectivity index (χ1n) is 9.34. The van der Waals surface area contributed by atoms with Gasteiger partial charge in [0.15, 0.2) is 6.61 Å². The number of halogens is 1. The van der Waals surface area contributed by atoms with E-state index in [1.54, 1.807) is 43.5 Å². The molecule has 1 atom stereocenters. The number of nitrogens with zero attached hydrogens (tertiary/aromatic N) is 1. The van der Waals surface area contributed by atoms with E-state index in [4.69, 9.17) is 21.1 Å². The van der Waals surface area contributed by atoms with Crippen molar-refractivity contribution >= 4 is 41.0 Å². The Hall–Kier alpha value is -3.59. The van der Waals surface area contributed by atoms with Gasteiger partial charge in [0.25, 0.3) is 11.8 Å². The highest BCUT2D eigenvalue weighted by Gasteiger charge is 2.36. The fraction of sp³-hybridized carbons (Fsp3) is 0.238. The lowest BCUT2D eigenvalue weighted by molar-refractivity contribution is -0.152. The highest BCUT2D eigenvalue weighted by atomic mass is 35.5. The minimum Gasteiger partial charge on any atom is -0.497 e. The summed E-state index contributed by atoms with van der Waals surface area (Å²) in [6.07, 6.45) is -0.0181. The zero-order valence-corrected chi connectivity index (χ0v) is 17.3. The second-order valence-corrected chi connectivity index (χ2v) is 7.10. The van der Waals surface area contributed by atoms with Crippen LogP contribution in [0.25, 0.3) is 0 Å². The Labute approximate surface area is 183 Å². The Morgan fingerprint density at radius 2 is 1.81 bits per heavy atom. The van der Waals surface area contributed by atoms with Crippen molar-refractivity contribution in [3.8, 4) is 5.75 Å². The molecule has 1 saturated heterocycles. The summed E-state index contributed by atoms with van der Waals surface area (Å²) in [6, 6.07) is 13.2. The van der Waals surface area contributed by atoms with Crippen molar-refractivity contribution in [2.24, 2.45) is 5.92 Å². The summed E-state index contributed by atoms with van der Waals surface area (Å²) >= 11 is 5.91. The van der Waals surface area contributed by atoms with Gasteiger partial charge >= 0.3 is 5.97 Å². The van der Waals surface area contributed by atoms with Crippen molar-refractivity contribution in [1.29, 1.82) is 0 Å². The Balaban J connectivity index is 1.46. The molecule has 162 valence electrons. The molecule has 0 unspecified atom stereocenters. The van der Waals surface area contributed by atoms with Crippen LogP contribution in [0.1, 0.15) is 16.8 Å². The number of rotatable bonds is 6. The normalized spacial score (nSPS) is 15.4. The lowest BCUT2D eigenvalue weighted by atomic mass is 10.1. The third kappa shape index (κ3) is 5.52. The summed E-state index contributed by atoms with van der Waals surface area (Å²) in [5.74, 6) is -2.27. The zero-order chi connectivity index (χ0) is 22.4. The van der Waals surface area contributed by atoms with E-state index >= 15 is 0 Å². The highest BCUT2D eigenvalue weighted by molar-refractivity contribution is 6.33. The average molecular weight is 446 g/mol. The molecule has 2 aromatic rings.